The smallest absolute Gasteiger partial charge is 0.276 e. The Kier molecular flexibility index (Phi) is 6.87. The highest BCUT2D eigenvalue weighted by Gasteiger charge is 2.45. The van der Waals surface area contributed by atoms with E-state index in [1.54, 1.807) is 0 Å². The number of fused-ring (bicyclic) bond motifs is 2. The van der Waals surface area contributed by atoms with Crippen LogP contribution in [0.15, 0.2) is 23.1 Å². The third-order valence-corrected chi connectivity index (χ3v) is 6.20. The number of pyridine rings is 1. The van der Waals surface area contributed by atoms with Crippen LogP contribution in [0.5, 0.6) is 5.75 Å². The summed E-state index contributed by atoms with van der Waals surface area (Å²) in [6.45, 7) is 2.83. The number of aromatic hydroxyl groups is 1. The van der Waals surface area contributed by atoms with E-state index < -0.39 is 64.0 Å². The van der Waals surface area contributed by atoms with Crippen molar-refractivity contribution in [3.05, 3.63) is 62.0 Å². The Labute approximate surface area is 197 Å². The van der Waals surface area contributed by atoms with Crippen LogP contribution in [0.25, 0.3) is 0 Å². The number of hydrogen-bond donors (Lipinski definition) is 2. The van der Waals surface area contributed by atoms with Gasteiger partial charge in [-0.1, -0.05) is 17.7 Å². The second kappa shape index (κ2) is 9.69. The molecule has 2 atom stereocenters. The second-order valence-electron chi connectivity index (χ2n) is 7.81. The number of benzene rings is 1. The van der Waals surface area contributed by atoms with Gasteiger partial charge in [0, 0.05) is 38.1 Å². The predicted octanol–water partition coefficient (Wildman–Crippen LogP) is 2.20. The molecule has 2 aromatic rings. The van der Waals surface area contributed by atoms with Crippen molar-refractivity contribution in [2.24, 2.45) is 0 Å². The van der Waals surface area contributed by atoms with Gasteiger partial charge in [0.15, 0.2) is 17.7 Å². The maximum absolute atomic E-state index is 14.2. The standard InChI is InChI=1S/C22H22ClF2N3O6/c1-2-33-7-5-14-22-27(6-8-34-22)21(32)17-19(30)18(29)12(10-28(14)17)20(31)26-9-11-3-4-13(24)15(23)16(11)25/h3-4,10,14,22,30H,2,5-9H2,1H3,(H,26,31)/t14-,22-/m0/s1. The average Bonchev–Trinajstić information content (AvgIpc) is 3.31. The fourth-order valence-corrected chi connectivity index (χ4v) is 4.34. The summed E-state index contributed by atoms with van der Waals surface area (Å²) in [4.78, 5) is 39.9. The van der Waals surface area contributed by atoms with E-state index >= 15 is 0 Å². The maximum atomic E-state index is 14.2. The summed E-state index contributed by atoms with van der Waals surface area (Å²) in [5.74, 6) is -4.34. The van der Waals surface area contributed by atoms with Crippen molar-refractivity contribution in [1.82, 2.24) is 14.8 Å². The molecule has 2 amide bonds. The molecule has 9 nitrogen and oxygen atoms in total. The minimum absolute atomic E-state index is 0.0956. The lowest BCUT2D eigenvalue weighted by molar-refractivity contribution is -0.0243. The van der Waals surface area contributed by atoms with Crippen molar-refractivity contribution >= 4 is 23.4 Å². The molecule has 0 aliphatic carbocycles. The van der Waals surface area contributed by atoms with Crippen molar-refractivity contribution in [3.63, 3.8) is 0 Å². The third kappa shape index (κ3) is 4.15. The van der Waals surface area contributed by atoms with E-state index in [0.29, 0.717) is 32.8 Å². The van der Waals surface area contributed by atoms with E-state index in [9.17, 15) is 28.3 Å². The molecule has 2 aliphatic heterocycles. The van der Waals surface area contributed by atoms with Gasteiger partial charge in [-0.05, 0) is 19.4 Å². The molecule has 1 aromatic carbocycles. The fourth-order valence-electron chi connectivity index (χ4n) is 4.16. The Morgan fingerprint density at radius 2 is 2.12 bits per heavy atom. The first-order chi connectivity index (χ1) is 16.3. The lowest BCUT2D eigenvalue weighted by Crippen LogP contribution is -2.49. The molecule has 2 aliphatic rings. The third-order valence-electron chi connectivity index (χ3n) is 5.85. The average molecular weight is 498 g/mol. The molecule has 1 saturated heterocycles. The Morgan fingerprint density at radius 3 is 2.85 bits per heavy atom. The van der Waals surface area contributed by atoms with E-state index in [4.69, 9.17) is 21.1 Å². The highest BCUT2D eigenvalue weighted by Crippen LogP contribution is 2.35. The summed E-state index contributed by atoms with van der Waals surface area (Å²) < 4.78 is 40.0. The van der Waals surface area contributed by atoms with Gasteiger partial charge in [0.2, 0.25) is 5.43 Å². The molecule has 4 rings (SSSR count). The van der Waals surface area contributed by atoms with E-state index in [1.807, 2.05) is 6.92 Å². The maximum Gasteiger partial charge on any atom is 0.276 e. The zero-order chi connectivity index (χ0) is 24.6. The van der Waals surface area contributed by atoms with E-state index in [0.717, 1.165) is 12.1 Å². The zero-order valence-electron chi connectivity index (χ0n) is 18.1. The van der Waals surface area contributed by atoms with Crippen LogP contribution >= 0.6 is 11.6 Å². The Hall–Kier alpha value is -3.02. The van der Waals surface area contributed by atoms with E-state index in [2.05, 4.69) is 5.32 Å². The highest BCUT2D eigenvalue weighted by molar-refractivity contribution is 6.30. The van der Waals surface area contributed by atoms with Crippen LogP contribution in [0.1, 0.15) is 45.8 Å². The largest absolute Gasteiger partial charge is 0.503 e. The van der Waals surface area contributed by atoms with Crippen LogP contribution in [0.2, 0.25) is 5.02 Å². The fraction of sp³-hybridized carbons (Fsp3) is 0.409. The molecule has 1 fully saturated rings. The van der Waals surface area contributed by atoms with Gasteiger partial charge in [0.05, 0.1) is 12.6 Å². The molecule has 0 unspecified atom stereocenters. The van der Waals surface area contributed by atoms with Gasteiger partial charge in [-0.25, -0.2) is 8.78 Å². The number of carbonyl (C=O) groups is 2. The monoisotopic (exact) mass is 497 g/mol. The number of halogens is 3. The van der Waals surface area contributed by atoms with Gasteiger partial charge >= 0.3 is 0 Å². The van der Waals surface area contributed by atoms with Crippen LogP contribution in [0, 0.1) is 11.6 Å². The molecule has 34 heavy (non-hydrogen) atoms. The first-order valence-electron chi connectivity index (χ1n) is 10.6. The molecule has 0 spiro atoms. The molecule has 0 radical (unpaired) electrons. The van der Waals surface area contributed by atoms with Gasteiger partial charge in [-0.3, -0.25) is 14.4 Å². The molecule has 1 aromatic heterocycles. The number of carbonyl (C=O) groups excluding carboxylic acids is 2. The molecule has 2 N–H and O–H groups in total. The van der Waals surface area contributed by atoms with Crippen LogP contribution in [0.4, 0.5) is 8.78 Å². The minimum Gasteiger partial charge on any atom is -0.503 e. The lowest BCUT2D eigenvalue weighted by atomic mass is 10.0. The molecular weight excluding hydrogens is 476 g/mol. The van der Waals surface area contributed by atoms with Gasteiger partial charge in [0.25, 0.3) is 11.8 Å². The number of nitrogens with one attached hydrogen (secondary N) is 1. The number of nitrogens with zero attached hydrogens (tertiary/aromatic N) is 2. The van der Waals surface area contributed by atoms with Crippen molar-refractivity contribution in [2.75, 3.05) is 26.4 Å². The normalized spacial score (nSPS) is 19.2. The molecule has 0 bridgehead atoms. The number of aromatic nitrogens is 1. The second-order valence-corrected chi connectivity index (χ2v) is 8.18. The number of rotatable bonds is 7. The molecule has 0 saturated carbocycles. The topological polar surface area (TPSA) is 110 Å². The van der Waals surface area contributed by atoms with Gasteiger partial charge in [0.1, 0.15) is 22.2 Å². The quantitative estimate of drug-likeness (QED) is 0.448. The van der Waals surface area contributed by atoms with Crippen LogP contribution in [0.3, 0.4) is 0 Å². The van der Waals surface area contributed by atoms with Gasteiger partial charge < -0.3 is 29.4 Å². The number of hydrogen-bond acceptors (Lipinski definition) is 6. The van der Waals surface area contributed by atoms with Gasteiger partial charge in [-0.2, -0.15) is 0 Å². The van der Waals surface area contributed by atoms with Crippen LogP contribution in [-0.2, 0) is 16.0 Å². The highest BCUT2D eigenvalue weighted by atomic mass is 35.5. The summed E-state index contributed by atoms with van der Waals surface area (Å²) >= 11 is 5.56. The lowest BCUT2D eigenvalue weighted by Gasteiger charge is -2.38. The Morgan fingerprint density at radius 1 is 1.35 bits per heavy atom. The van der Waals surface area contributed by atoms with E-state index in [-0.39, 0.29) is 11.3 Å². The summed E-state index contributed by atoms with van der Waals surface area (Å²) in [5, 5.41) is 12.3. The van der Waals surface area contributed by atoms with Crippen LogP contribution in [-0.4, -0.2) is 59.0 Å². The first kappa shape index (κ1) is 24.1. The first-order valence-corrected chi connectivity index (χ1v) is 11.0. The van der Waals surface area contributed by atoms with Crippen molar-refractivity contribution in [3.8, 4) is 5.75 Å². The number of amides is 2. The summed E-state index contributed by atoms with van der Waals surface area (Å²) in [7, 11) is 0. The van der Waals surface area contributed by atoms with Gasteiger partial charge in [-0.15, -0.1) is 0 Å². The molecule has 3 heterocycles. The van der Waals surface area contributed by atoms with Crippen molar-refractivity contribution < 1.29 is 33.0 Å². The zero-order valence-corrected chi connectivity index (χ0v) is 18.9. The predicted molar refractivity (Wildman–Crippen MR) is 116 cm³/mol. The Bertz CT molecular complexity index is 1200. The SMILES string of the molecule is CCOCC[C@H]1[C@@H]2OCCN2C(=O)c2c(O)c(=O)c(C(=O)NCc3ccc(F)c(Cl)c3F)cn21. The molecule has 182 valence electrons. The minimum atomic E-state index is -1.04. The van der Waals surface area contributed by atoms with Crippen LogP contribution < -0.4 is 10.7 Å². The summed E-state index contributed by atoms with van der Waals surface area (Å²) in [6, 6.07) is 1.55. The molecule has 12 heteroatoms. The Balaban J connectivity index is 1.67. The summed E-state index contributed by atoms with van der Waals surface area (Å²) in [5.41, 5.74) is -1.82. The molecular formula is C22H22ClF2N3O6. The van der Waals surface area contributed by atoms with Crippen molar-refractivity contribution in [2.45, 2.75) is 32.2 Å². The van der Waals surface area contributed by atoms with Crippen molar-refractivity contribution in [1.29, 1.82) is 0 Å². The summed E-state index contributed by atoms with van der Waals surface area (Å²) in [6.07, 6.45) is 0.931. The number of ether oxygens (including phenoxy) is 2. The van der Waals surface area contributed by atoms with E-state index in [1.165, 1.54) is 15.7 Å².